The third-order valence-electron chi connectivity index (χ3n) is 4.98. The summed E-state index contributed by atoms with van der Waals surface area (Å²) < 4.78 is 16.9. The molecule has 33 heavy (non-hydrogen) atoms. The van der Waals surface area contributed by atoms with Crippen molar-refractivity contribution in [2.45, 2.75) is 19.1 Å². The summed E-state index contributed by atoms with van der Waals surface area (Å²) in [6, 6.07) is 22.6. The highest BCUT2D eigenvalue weighted by atomic mass is 16.6. The van der Waals surface area contributed by atoms with E-state index in [0.717, 1.165) is 0 Å². The van der Waals surface area contributed by atoms with Gasteiger partial charge in [-0.05, 0) is 36.8 Å². The summed E-state index contributed by atoms with van der Waals surface area (Å²) in [6.07, 6.45) is -0.856. The van der Waals surface area contributed by atoms with Gasteiger partial charge in [0.2, 0.25) is 12.0 Å². The highest BCUT2D eigenvalue weighted by Crippen LogP contribution is 2.31. The summed E-state index contributed by atoms with van der Waals surface area (Å²) in [4.78, 5) is 25.9. The second-order valence-electron chi connectivity index (χ2n) is 7.26. The van der Waals surface area contributed by atoms with Crippen molar-refractivity contribution >= 4 is 17.5 Å². The number of rotatable bonds is 8. The fourth-order valence-electron chi connectivity index (χ4n) is 3.37. The lowest BCUT2D eigenvalue weighted by Crippen LogP contribution is -2.51. The molecule has 0 saturated heterocycles. The van der Waals surface area contributed by atoms with E-state index >= 15 is 0 Å². The van der Waals surface area contributed by atoms with Crippen molar-refractivity contribution in [3.8, 4) is 17.2 Å². The van der Waals surface area contributed by atoms with Crippen LogP contribution in [0.3, 0.4) is 0 Å². The number of hydrogen-bond acceptors (Lipinski definition) is 6. The van der Waals surface area contributed by atoms with Crippen LogP contribution >= 0.6 is 0 Å². The van der Waals surface area contributed by atoms with E-state index in [4.69, 9.17) is 14.2 Å². The minimum absolute atomic E-state index is 0.0639. The van der Waals surface area contributed by atoms with Crippen molar-refractivity contribution in [3.05, 3.63) is 84.4 Å². The van der Waals surface area contributed by atoms with Crippen molar-refractivity contribution in [2.24, 2.45) is 0 Å². The number of carbonyl (C=O) groups is 2. The molecule has 8 heteroatoms. The van der Waals surface area contributed by atoms with E-state index in [2.05, 4.69) is 16.2 Å². The number of amides is 2. The quantitative estimate of drug-likeness (QED) is 0.459. The Labute approximate surface area is 191 Å². The van der Waals surface area contributed by atoms with Crippen LogP contribution < -0.4 is 30.4 Å². The molecule has 0 aromatic heterocycles. The van der Waals surface area contributed by atoms with E-state index in [1.54, 1.807) is 42.5 Å². The maximum Gasteiger partial charge on any atom is 0.278 e. The molecule has 2 amide bonds. The van der Waals surface area contributed by atoms with Crippen molar-refractivity contribution in [1.29, 1.82) is 0 Å². The number of carbonyl (C=O) groups excluding carboxylic acids is 2. The van der Waals surface area contributed by atoms with Crippen molar-refractivity contribution in [1.82, 2.24) is 10.9 Å². The van der Waals surface area contributed by atoms with Crippen LogP contribution in [0.4, 0.5) is 5.69 Å². The molecule has 8 nitrogen and oxygen atoms in total. The molecule has 1 aliphatic heterocycles. The summed E-state index contributed by atoms with van der Waals surface area (Å²) in [7, 11) is 0. The fraction of sp³-hybridized carbons (Fsp3) is 0.200. The number of hydrazine groups is 1. The molecule has 0 spiro atoms. The molecule has 0 bridgehead atoms. The first kappa shape index (κ1) is 22.2. The molecule has 0 radical (unpaired) electrons. The number of anilines is 1. The van der Waals surface area contributed by atoms with E-state index in [-0.39, 0.29) is 12.5 Å². The van der Waals surface area contributed by atoms with Gasteiger partial charge in [0.15, 0.2) is 11.5 Å². The van der Waals surface area contributed by atoms with Gasteiger partial charge >= 0.3 is 0 Å². The zero-order chi connectivity index (χ0) is 23.0. The number of nitrogens with one attached hydrogen (secondary N) is 3. The molecule has 2 atom stereocenters. The monoisotopic (exact) mass is 447 g/mol. The smallest absolute Gasteiger partial charge is 0.278 e. The Morgan fingerprint density at radius 3 is 2.45 bits per heavy atom. The lowest BCUT2D eigenvalue weighted by atomic mass is 10.1. The van der Waals surface area contributed by atoms with Crippen molar-refractivity contribution in [3.63, 3.8) is 0 Å². The largest absolute Gasteiger partial charge is 0.492 e. The molecule has 3 aromatic carbocycles. The molecule has 3 N–H and O–H groups in total. The first-order valence-corrected chi connectivity index (χ1v) is 10.7. The lowest BCUT2D eigenvalue weighted by Gasteiger charge is -2.26. The number of para-hydroxylation sites is 4. The minimum Gasteiger partial charge on any atom is -0.492 e. The van der Waals surface area contributed by atoms with Gasteiger partial charge in [-0.2, -0.15) is 0 Å². The van der Waals surface area contributed by atoms with Crippen LogP contribution in [-0.2, 0) is 9.59 Å². The predicted molar refractivity (Wildman–Crippen MR) is 123 cm³/mol. The van der Waals surface area contributed by atoms with Gasteiger partial charge in [-0.1, -0.05) is 54.6 Å². The zero-order valence-corrected chi connectivity index (χ0v) is 18.1. The van der Waals surface area contributed by atoms with E-state index in [9.17, 15) is 9.59 Å². The molecule has 1 heterocycles. The number of hydrogen-bond donors (Lipinski definition) is 3. The van der Waals surface area contributed by atoms with E-state index in [1.165, 1.54) is 0 Å². The van der Waals surface area contributed by atoms with Gasteiger partial charge < -0.3 is 19.5 Å². The standard InChI is InChI=1S/C25H25N3O5/c1-2-31-19-13-7-6-12-18(19)26-25(30)23(17-10-4-3-5-11-17)27-28-24(29)22-16-32-20-14-8-9-15-21(20)33-22/h3-15,22-23,27H,2,16H2,1H3,(H,26,30)(H,28,29)/t22-,23-/m1/s1. The van der Waals surface area contributed by atoms with E-state index in [0.29, 0.717) is 35.1 Å². The average Bonchev–Trinajstić information content (AvgIpc) is 2.86. The summed E-state index contributed by atoms with van der Waals surface area (Å²) in [5.41, 5.74) is 6.66. The predicted octanol–water partition coefficient (Wildman–Crippen LogP) is 3.23. The zero-order valence-electron chi connectivity index (χ0n) is 18.1. The molecule has 170 valence electrons. The molecule has 0 fully saturated rings. The SMILES string of the molecule is CCOc1ccccc1NC(=O)[C@H](NNC(=O)[C@H]1COc2ccccc2O1)c1ccccc1. The highest BCUT2D eigenvalue weighted by molar-refractivity contribution is 5.97. The van der Waals surface area contributed by atoms with Crippen molar-refractivity contribution in [2.75, 3.05) is 18.5 Å². The van der Waals surface area contributed by atoms with Crippen LogP contribution in [0.2, 0.25) is 0 Å². The van der Waals surface area contributed by atoms with Gasteiger partial charge in [0.1, 0.15) is 18.4 Å². The van der Waals surface area contributed by atoms with Crippen molar-refractivity contribution < 1.29 is 23.8 Å². The molecule has 1 aliphatic rings. The number of fused-ring (bicyclic) bond motifs is 1. The van der Waals surface area contributed by atoms with Crippen LogP contribution in [0.5, 0.6) is 17.2 Å². The van der Waals surface area contributed by atoms with E-state index < -0.39 is 18.1 Å². The molecule has 0 saturated carbocycles. The Morgan fingerprint density at radius 1 is 0.970 bits per heavy atom. The van der Waals surface area contributed by atoms with Crippen LogP contribution in [0.15, 0.2) is 78.9 Å². The Balaban J connectivity index is 1.46. The summed E-state index contributed by atoms with van der Waals surface area (Å²) >= 11 is 0. The third kappa shape index (κ3) is 5.42. The summed E-state index contributed by atoms with van der Waals surface area (Å²) in [5, 5.41) is 2.88. The lowest BCUT2D eigenvalue weighted by molar-refractivity contribution is -0.132. The maximum atomic E-state index is 13.2. The Morgan fingerprint density at radius 2 is 1.67 bits per heavy atom. The van der Waals surface area contributed by atoms with Gasteiger partial charge in [-0.15, -0.1) is 0 Å². The fourth-order valence-corrected chi connectivity index (χ4v) is 3.37. The maximum absolute atomic E-state index is 13.2. The average molecular weight is 447 g/mol. The second-order valence-corrected chi connectivity index (χ2v) is 7.26. The third-order valence-corrected chi connectivity index (χ3v) is 4.98. The molecular formula is C25H25N3O5. The molecule has 3 aromatic rings. The Bertz CT molecular complexity index is 1110. The first-order valence-electron chi connectivity index (χ1n) is 10.7. The number of ether oxygens (including phenoxy) is 3. The molecule has 0 unspecified atom stereocenters. The molecule has 4 rings (SSSR count). The minimum atomic E-state index is -0.860. The van der Waals surface area contributed by atoms with Gasteiger partial charge in [0.25, 0.3) is 5.91 Å². The normalized spacial score (nSPS) is 15.2. The second kappa shape index (κ2) is 10.5. The highest BCUT2D eigenvalue weighted by Gasteiger charge is 2.29. The summed E-state index contributed by atoms with van der Waals surface area (Å²) in [6.45, 7) is 2.41. The van der Waals surface area contributed by atoms with Crippen LogP contribution in [0, 0.1) is 0 Å². The van der Waals surface area contributed by atoms with Gasteiger partial charge in [0.05, 0.1) is 12.3 Å². The first-order chi connectivity index (χ1) is 16.2. The number of benzene rings is 3. The van der Waals surface area contributed by atoms with E-state index in [1.807, 2.05) is 43.3 Å². The summed E-state index contributed by atoms with van der Waals surface area (Å²) in [5.74, 6) is 0.834. The van der Waals surface area contributed by atoms with Gasteiger partial charge in [-0.25, -0.2) is 5.43 Å². The molecule has 0 aliphatic carbocycles. The van der Waals surface area contributed by atoms with Gasteiger partial charge in [0, 0.05) is 0 Å². The van der Waals surface area contributed by atoms with Crippen LogP contribution in [-0.4, -0.2) is 31.1 Å². The van der Waals surface area contributed by atoms with Crippen LogP contribution in [0.25, 0.3) is 0 Å². The molecular weight excluding hydrogens is 422 g/mol. The topological polar surface area (TPSA) is 97.9 Å². The van der Waals surface area contributed by atoms with Gasteiger partial charge in [-0.3, -0.25) is 15.0 Å². The Hall–Kier alpha value is -4.04. The Kier molecular flexibility index (Phi) is 7.06. The van der Waals surface area contributed by atoms with Crippen LogP contribution in [0.1, 0.15) is 18.5 Å².